The number of allylic oxidation sites excluding steroid dienone is 5. The Labute approximate surface area is 326 Å². The van der Waals surface area contributed by atoms with Crippen molar-refractivity contribution >= 4 is 17.7 Å². The average Bonchev–Trinajstić information content (AvgIpc) is 3.86. The molecule has 0 heterocycles. The number of carbonyl (C=O) groups excluding carboxylic acids is 2. The molecule has 54 heavy (non-hydrogen) atoms. The molecule has 0 saturated heterocycles. The van der Waals surface area contributed by atoms with Crippen LogP contribution in [0.5, 0.6) is 0 Å². The summed E-state index contributed by atoms with van der Waals surface area (Å²) in [6.45, 7) is 18.4. The fraction of sp³-hybridized carbons (Fsp3) is 0.809. The first kappa shape index (κ1) is 40.0. The van der Waals surface area contributed by atoms with E-state index in [1.165, 1.54) is 29.6 Å². The number of Topliss-reactive ketones (excluding diaryl/α,β-unsaturated/α-hetero) is 1. The van der Waals surface area contributed by atoms with Crippen molar-refractivity contribution in [3.8, 4) is 0 Å². The summed E-state index contributed by atoms with van der Waals surface area (Å²) in [6, 6.07) is 0. The summed E-state index contributed by atoms with van der Waals surface area (Å²) in [6.07, 6.45) is 17.5. The van der Waals surface area contributed by atoms with Crippen LogP contribution in [-0.2, 0) is 14.4 Å². The van der Waals surface area contributed by atoms with Gasteiger partial charge >= 0.3 is 5.97 Å². The number of carbonyl (C=O) groups is 3. The highest BCUT2D eigenvalue weighted by molar-refractivity contribution is 6.00. The third-order valence-corrected chi connectivity index (χ3v) is 17.5. The molecule has 0 spiro atoms. The van der Waals surface area contributed by atoms with Crippen molar-refractivity contribution in [2.45, 2.75) is 144 Å². The van der Waals surface area contributed by atoms with Gasteiger partial charge in [0.15, 0.2) is 5.78 Å². The Balaban J connectivity index is 1.23. The van der Waals surface area contributed by atoms with E-state index >= 15 is 0 Å². The quantitative estimate of drug-likeness (QED) is 0.220. The van der Waals surface area contributed by atoms with Crippen LogP contribution in [0.4, 0.5) is 0 Å². The normalized spacial score (nSPS) is 39.3. The van der Waals surface area contributed by atoms with E-state index in [-0.39, 0.29) is 51.1 Å². The number of carboxylic acids is 1. The number of aliphatic carboxylic acids is 1. The molecule has 0 aromatic heterocycles. The lowest BCUT2D eigenvalue weighted by molar-refractivity contribution is -0.210. The van der Waals surface area contributed by atoms with Crippen LogP contribution in [0.25, 0.3) is 0 Å². The smallest absolute Gasteiger partial charge is 0.306 e. The lowest BCUT2D eigenvalue weighted by Gasteiger charge is -2.72. The number of aliphatic hydroxyl groups is 1. The molecule has 0 aromatic carbocycles. The molecular formula is C47H72N2O5. The summed E-state index contributed by atoms with van der Waals surface area (Å²) in [7, 11) is 3.86. The van der Waals surface area contributed by atoms with Gasteiger partial charge in [-0.2, -0.15) is 0 Å². The number of hydrogen-bond donors (Lipinski definition) is 2. The summed E-state index contributed by atoms with van der Waals surface area (Å²) >= 11 is 0. The number of amides is 1. The van der Waals surface area contributed by atoms with E-state index in [4.69, 9.17) is 0 Å². The monoisotopic (exact) mass is 745 g/mol. The molecule has 0 aliphatic heterocycles. The molecule has 0 bridgehead atoms. The van der Waals surface area contributed by atoms with Gasteiger partial charge in [0, 0.05) is 24.9 Å². The summed E-state index contributed by atoms with van der Waals surface area (Å²) in [5.41, 5.74) is 4.90. The minimum absolute atomic E-state index is 0.0137. The maximum Gasteiger partial charge on any atom is 0.306 e. The predicted molar refractivity (Wildman–Crippen MR) is 214 cm³/mol. The second-order valence-electron chi connectivity index (χ2n) is 21.0. The maximum atomic E-state index is 14.3. The number of nitrogens with zero attached hydrogens (tertiary/aromatic N) is 2. The second-order valence-corrected chi connectivity index (χ2v) is 21.0. The predicted octanol–water partition coefficient (Wildman–Crippen LogP) is 8.87. The summed E-state index contributed by atoms with van der Waals surface area (Å²) in [4.78, 5) is 43.5. The van der Waals surface area contributed by atoms with Gasteiger partial charge in [0.25, 0.3) is 0 Å². The number of carboxylic acid groups (broad SMARTS) is 1. The highest BCUT2D eigenvalue weighted by atomic mass is 16.4. The standard InChI is InChI=1S/C47H72N2O5/c1-10-47-24-23-46(38(51)27-49(26-30-11-12-30)39(52)28-48(8)9)25-35(50)40(29(2)3)41(46)34(47)17-18-37-44(6)21-19-33(31-13-15-32(16-14-31)42(53)54)43(4,5)36(44)20-22-45(37,47)7/h13,19,29-30,32,34,36-38,51H,10-12,14-18,20-28H2,1-9H3,(H,53,54)/t32?,34-,36+,37-,38+,44+,45-,46+,47-/m1/s1. The summed E-state index contributed by atoms with van der Waals surface area (Å²) in [5, 5.41) is 22.2. The molecule has 1 amide bonds. The number of likely N-dealkylation sites (N-methyl/N-ethyl adjacent to an activating group) is 1. The van der Waals surface area contributed by atoms with Crippen molar-refractivity contribution in [2.75, 3.05) is 33.7 Å². The molecule has 1 unspecified atom stereocenters. The Hall–Kier alpha value is -2.25. The number of aliphatic hydroxyl groups excluding tert-OH is 1. The highest BCUT2D eigenvalue weighted by Gasteiger charge is 2.71. The lowest BCUT2D eigenvalue weighted by atomic mass is 9.32. The molecule has 9 atom stereocenters. The molecule has 2 N–H and O–H groups in total. The Morgan fingerprint density at radius 2 is 1.67 bits per heavy atom. The number of hydrogen-bond acceptors (Lipinski definition) is 5. The van der Waals surface area contributed by atoms with Crippen molar-refractivity contribution in [2.24, 2.45) is 62.6 Å². The Kier molecular flexibility index (Phi) is 10.4. The first-order valence-corrected chi connectivity index (χ1v) is 21.9. The number of rotatable bonds is 11. The molecule has 7 nitrogen and oxygen atoms in total. The third kappa shape index (κ3) is 6.05. The molecule has 7 rings (SSSR count). The van der Waals surface area contributed by atoms with Crippen LogP contribution in [0.15, 0.2) is 34.4 Å². The third-order valence-electron chi connectivity index (χ3n) is 17.5. The molecule has 7 aliphatic carbocycles. The van der Waals surface area contributed by atoms with Gasteiger partial charge in [-0.15, -0.1) is 0 Å². The zero-order chi connectivity index (χ0) is 39.2. The van der Waals surface area contributed by atoms with Gasteiger partial charge < -0.3 is 20.0 Å². The zero-order valence-electron chi connectivity index (χ0n) is 35.2. The van der Waals surface area contributed by atoms with E-state index in [0.29, 0.717) is 50.2 Å². The van der Waals surface area contributed by atoms with Crippen LogP contribution >= 0.6 is 0 Å². The van der Waals surface area contributed by atoms with E-state index in [2.05, 4.69) is 60.6 Å². The fourth-order valence-electron chi connectivity index (χ4n) is 14.8. The van der Waals surface area contributed by atoms with E-state index in [9.17, 15) is 24.6 Å². The Morgan fingerprint density at radius 1 is 0.944 bits per heavy atom. The fourth-order valence-corrected chi connectivity index (χ4v) is 14.8. The largest absolute Gasteiger partial charge is 0.481 e. The molecular weight excluding hydrogens is 673 g/mol. The minimum atomic E-state index is -0.756. The first-order valence-electron chi connectivity index (χ1n) is 21.9. The summed E-state index contributed by atoms with van der Waals surface area (Å²) < 4.78 is 0. The lowest BCUT2D eigenvalue weighted by Crippen LogP contribution is -2.65. The van der Waals surface area contributed by atoms with Crippen molar-refractivity contribution in [3.63, 3.8) is 0 Å². The molecule has 4 fully saturated rings. The molecule has 7 heteroatoms. The second kappa shape index (κ2) is 14.0. The maximum absolute atomic E-state index is 14.3. The van der Waals surface area contributed by atoms with Gasteiger partial charge in [0.2, 0.25) is 5.91 Å². The highest BCUT2D eigenvalue weighted by Crippen LogP contribution is 2.78. The van der Waals surface area contributed by atoms with Crippen LogP contribution in [0.2, 0.25) is 0 Å². The molecule has 300 valence electrons. The van der Waals surface area contributed by atoms with E-state index < -0.39 is 17.5 Å². The molecule has 0 aromatic rings. The molecule has 4 saturated carbocycles. The van der Waals surface area contributed by atoms with E-state index in [1.807, 2.05) is 23.9 Å². The van der Waals surface area contributed by atoms with Crippen LogP contribution in [-0.4, -0.2) is 77.5 Å². The van der Waals surface area contributed by atoms with Crippen molar-refractivity contribution < 1.29 is 24.6 Å². The topological polar surface area (TPSA) is 98.2 Å². The Morgan fingerprint density at radius 3 is 2.26 bits per heavy atom. The molecule has 7 aliphatic rings. The van der Waals surface area contributed by atoms with Crippen LogP contribution in [0, 0.1) is 62.6 Å². The first-order chi connectivity index (χ1) is 25.4. The molecule has 0 radical (unpaired) electrons. The van der Waals surface area contributed by atoms with Gasteiger partial charge in [0.1, 0.15) is 0 Å². The van der Waals surface area contributed by atoms with E-state index in [0.717, 1.165) is 69.8 Å². The zero-order valence-corrected chi connectivity index (χ0v) is 35.2. The average molecular weight is 745 g/mol. The van der Waals surface area contributed by atoms with Gasteiger partial charge in [-0.25, -0.2) is 0 Å². The van der Waals surface area contributed by atoms with Gasteiger partial charge in [0.05, 0.1) is 18.6 Å². The van der Waals surface area contributed by atoms with Crippen molar-refractivity contribution in [1.82, 2.24) is 9.80 Å². The van der Waals surface area contributed by atoms with Crippen LogP contribution in [0.3, 0.4) is 0 Å². The van der Waals surface area contributed by atoms with Gasteiger partial charge in [-0.3, -0.25) is 14.4 Å². The van der Waals surface area contributed by atoms with Crippen molar-refractivity contribution in [3.05, 3.63) is 34.4 Å². The Bertz CT molecular complexity index is 1630. The summed E-state index contributed by atoms with van der Waals surface area (Å²) in [5.74, 6) is 1.39. The SMILES string of the molecule is CC[C@@]12CC[C@@]3([C@@H](O)CN(CC4CC4)C(=O)CN(C)C)CC(=O)C(C(C)C)=C3[C@H]1CC[C@@H]1[C@@]3(C)CC=C(C4=CCC(C(=O)O)CC4)C(C)(C)[C@@H]3CC[C@]12C. The van der Waals surface area contributed by atoms with Crippen LogP contribution in [0.1, 0.15) is 138 Å². The van der Waals surface area contributed by atoms with Crippen molar-refractivity contribution in [1.29, 1.82) is 0 Å². The van der Waals surface area contributed by atoms with Gasteiger partial charge in [-0.05, 0) is 166 Å². The van der Waals surface area contributed by atoms with E-state index in [1.54, 1.807) is 0 Å². The van der Waals surface area contributed by atoms with Gasteiger partial charge in [-0.1, -0.05) is 66.2 Å². The number of ketones is 1. The minimum Gasteiger partial charge on any atom is -0.481 e. The number of fused-ring (bicyclic) bond motifs is 7. The van der Waals surface area contributed by atoms with Crippen LogP contribution < -0.4 is 0 Å².